The second-order valence-electron chi connectivity index (χ2n) is 10.6. The number of unbranched alkanes of at least 4 members (excludes halogenated alkanes) is 3. The SMILES string of the molecule is Cc1nc(N2CCC(N)CC2)c(C#N)c(-c2ccc(C#N)c(F)c2)c1-c1ccc(OCCCCCCC(=O)NO)c(O)c1.Cl. The number of carbonyl (C=O) groups excluding carboxylic acids is 1. The fourth-order valence-electron chi connectivity index (χ4n) is 5.31. The summed E-state index contributed by atoms with van der Waals surface area (Å²) in [4.78, 5) is 17.9. The quantitative estimate of drug-likeness (QED) is 0.123. The van der Waals surface area contributed by atoms with Crippen molar-refractivity contribution in [2.24, 2.45) is 5.73 Å². The highest BCUT2D eigenvalue weighted by molar-refractivity contribution is 5.92. The van der Waals surface area contributed by atoms with E-state index in [4.69, 9.17) is 20.7 Å². The van der Waals surface area contributed by atoms with Crippen molar-refractivity contribution in [3.8, 4) is 45.9 Å². The Labute approximate surface area is 262 Å². The zero-order valence-electron chi connectivity index (χ0n) is 24.5. The number of carbonyl (C=O) groups is 1. The van der Waals surface area contributed by atoms with Gasteiger partial charge in [0, 0.05) is 42.4 Å². The third-order valence-electron chi connectivity index (χ3n) is 7.62. The lowest BCUT2D eigenvalue weighted by Gasteiger charge is -2.33. The Kier molecular flexibility index (Phi) is 12.3. The molecule has 2 aromatic carbocycles. The molecule has 0 bridgehead atoms. The van der Waals surface area contributed by atoms with Crippen molar-refractivity contribution in [3.05, 3.63) is 59.0 Å². The Balaban J connectivity index is 0.00000529. The Morgan fingerprint density at radius 1 is 1.09 bits per heavy atom. The molecule has 0 radical (unpaired) electrons. The normalized spacial score (nSPS) is 13.0. The van der Waals surface area contributed by atoms with Gasteiger partial charge in [-0.2, -0.15) is 10.5 Å². The van der Waals surface area contributed by atoms with Crippen LogP contribution in [0.3, 0.4) is 0 Å². The number of nitrogens with one attached hydrogen (secondary N) is 1. The Morgan fingerprint density at radius 3 is 2.41 bits per heavy atom. The average Bonchev–Trinajstić information content (AvgIpc) is 3.00. The maximum Gasteiger partial charge on any atom is 0.243 e. The first kappa shape index (κ1) is 34.1. The minimum Gasteiger partial charge on any atom is -0.504 e. The predicted octanol–water partition coefficient (Wildman–Crippen LogP) is 5.50. The topological polar surface area (TPSA) is 169 Å². The number of anilines is 1. The molecular weight excluding hydrogens is 587 g/mol. The average molecular weight is 623 g/mol. The van der Waals surface area contributed by atoms with Crippen LogP contribution in [0.15, 0.2) is 36.4 Å². The van der Waals surface area contributed by atoms with Crippen LogP contribution in [-0.2, 0) is 4.79 Å². The lowest BCUT2D eigenvalue weighted by atomic mass is 9.89. The van der Waals surface area contributed by atoms with Gasteiger partial charge in [0.1, 0.15) is 29.3 Å². The van der Waals surface area contributed by atoms with Crippen LogP contribution in [0.4, 0.5) is 10.2 Å². The number of nitrogens with two attached hydrogens (primary N) is 1. The molecular formula is C32H36ClFN6O4. The number of aryl methyl sites for hydroxylation is 1. The molecule has 5 N–H and O–H groups in total. The number of aromatic nitrogens is 1. The van der Waals surface area contributed by atoms with Crippen LogP contribution in [0.1, 0.15) is 61.8 Å². The molecule has 2 heterocycles. The van der Waals surface area contributed by atoms with E-state index in [1.54, 1.807) is 23.7 Å². The standard InChI is InChI=1S/C32H35FN6O4.ClH/c1-20-30(22-9-10-28(27(40)17-22)43-15-5-3-2-4-6-29(41)38-42)31(21-7-8-23(18-34)26(33)16-21)25(19-35)32(37-20)39-13-11-24(36)12-14-39;/h7-10,16-17,24,40,42H,2-6,11-15,36H2,1H3,(H,38,41);1H. The van der Waals surface area contributed by atoms with Gasteiger partial charge < -0.3 is 20.5 Å². The number of phenolic OH excluding ortho intramolecular Hbond substituents is 1. The van der Waals surface area contributed by atoms with E-state index in [9.17, 15) is 24.8 Å². The first-order valence-corrected chi connectivity index (χ1v) is 14.3. The number of benzene rings is 2. The zero-order chi connectivity index (χ0) is 30.9. The highest BCUT2D eigenvalue weighted by Gasteiger charge is 2.27. The van der Waals surface area contributed by atoms with Gasteiger partial charge in [0.25, 0.3) is 0 Å². The number of amides is 1. The number of rotatable bonds is 11. The van der Waals surface area contributed by atoms with Crippen molar-refractivity contribution in [3.63, 3.8) is 0 Å². The van der Waals surface area contributed by atoms with E-state index in [0.717, 1.165) is 25.7 Å². The van der Waals surface area contributed by atoms with Crippen molar-refractivity contribution < 1.29 is 24.2 Å². The first-order valence-electron chi connectivity index (χ1n) is 14.3. The van der Waals surface area contributed by atoms with E-state index in [1.807, 2.05) is 17.9 Å². The lowest BCUT2D eigenvalue weighted by molar-refractivity contribution is -0.129. The van der Waals surface area contributed by atoms with Crippen molar-refractivity contribution in [1.29, 1.82) is 10.5 Å². The van der Waals surface area contributed by atoms with Crippen LogP contribution in [-0.4, -0.2) is 46.9 Å². The molecule has 12 heteroatoms. The number of nitrogens with zero attached hydrogens (tertiary/aromatic N) is 4. The molecule has 1 saturated heterocycles. The van der Waals surface area contributed by atoms with Crippen molar-refractivity contribution in [2.45, 2.75) is 57.9 Å². The Hall–Kier alpha value is -4.42. The lowest BCUT2D eigenvalue weighted by Crippen LogP contribution is -2.40. The van der Waals surface area contributed by atoms with Gasteiger partial charge in [0.15, 0.2) is 11.5 Å². The number of ether oxygens (including phenoxy) is 1. The predicted molar refractivity (Wildman–Crippen MR) is 166 cm³/mol. The van der Waals surface area contributed by atoms with Crippen LogP contribution in [0.5, 0.6) is 11.5 Å². The van der Waals surface area contributed by atoms with Gasteiger partial charge in [-0.25, -0.2) is 14.9 Å². The van der Waals surface area contributed by atoms with Gasteiger partial charge in [-0.3, -0.25) is 10.0 Å². The molecule has 1 aromatic heterocycles. The number of aromatic hydroxyl groups is 1. The number of pyridine rings is 1. The summed E-state index contributed by atoms with van der Waals surface area (Å²) in [6.45, 7) is 3.44. The van der Waals surface area contributed by atoms with Gasteiger partial charge in [-0.15, -0.1) is 12.4 Å². The first-order chi connectivity index (χ1) is 20.8. The molecule has 0 unspecified atom stereocenters. The van der Waals surface area contributed by atoms with Gasteiger partial charge in [-0.1, -0.05) is 25.0 Å². The van der Waals surface area contributed by atoms with Gasteiger partial charge >= 0.3 is 0 Å². The second-order valence-corrected chi connectivity index (χ2v) is 10.6. The fourth-order valence-corrected chi connectivity index (χ4v) is 5.31. The van der Waals surface area contributed by atoms with Gasteiger partial charge in [0.05, 0.1) is 12.2 Å². The largest absolute Gasteiger partial charge is 0.504 e. The number of phenols is 1. The molecule has 0 saturated carbocycles. The van der Waals surface area contributed by atoms with Gasteiger partial charge in [-0.05, 0) is 68.0 Å². The van der Waals surface area contributed by atoms with E-state index in [1.165, 1.54) is 18.2 Å². The molecule has 44 heavy (non-hydrogen) atoms. The van der Waals surface area contributed by atoms with E-state index in [-0.39, 0.29) is 41.7 Å². The molecule has 1 aliphatic heterocycles. The van der Waals surface area contributed by atoms with Crippen molar-refractivity contribution in [1.82, 2.24) is 10.5 Å². The second kappa shape index (κ2) is 15.9. The smallest absolute Gasteiger partial charge is 0.243 e. The summed E-state index contributed by atoms with van der Waals surface area (Å²) in [7, 11) is 0. The van der Waals surface area contributed by atoms with E-state index < -0.39 is 11.7 Å². The maximum absolute atomic E-state index is 14.9. The molecule has 1 aliphatic rings. The summed E-state index contributed by atoms with van der Waals surface area (Å²) in [6, 6.07) is 13.4. The summed E-state index contributed by atoms with van der Waals surface area (Å²) in [6.07, 6.45) is 4.75. The number of hydrogen-bond acceptors (Lipinski definition) is 9. The molecule has 4 rings (SSSR count). The summed E-state index contributed by atoms with van der Waals surface area (Å²) < 4.78 is 20.6. The van der Waals surface area contributed by atoms with Crippen LogP contribution in [0.25, 0.3) is 22.3 Å². The fraction of sp³-hybridized carbons (Fsp3) is 0.375. The highest BCUT2D eigenvalue weighted by atomic mass is 35.5. The molecule has 10 nitrogen and oxygen atoms in total. The molecule has 232 valence electrons. The molecule has 3 aromatic rings. The molecule has 0 aliphatic carbocycles. The van der Waals surface area contributed by atoms with Gasteiger partial charge in [0.2, 0.25) is 5.91 Å². The number of hydrogen-bond donors (Lipinski definition) is 4. The van der Waals surface area contributed by atoms with E-state index in [2.05, 4.69) is 6.07 Å². The summed E-state index contributed by atoms with van der Waals surface area (Å²) in [5.41, 5.74) is 10.5. The molecule has 1 amide bonds. The number of nitriles is 2. The van der Waals surface area contributed by atoms with Crippen LogP contribution >= 0.6 is 12.4 Å². The summed E-state index contributed by atoms with van der Waals surface area (Å²) >= 11 is 0. The third kappa shape index (κ3) is 7.94. The molecule has 0 atom stereocenters. The third-order valence-corrected chi connectivity index (χ3v) is 7.62. The van der Waals surface area contributed by atoms with Crippen LogP contribution in [0.2, 0.25) is 0 Å². The van der Waals surface area contributed by atoms with Crippen LogP contribution in [0, 0.1) is 35.4 Å². The minimum atomic E-state index is -0.696. The Morgan fingerprint density at radius 2 is 1.77 bits per heavy atom. The minimum absolute atomic E-state index is 0. The van der Waals surface area contributed by atoms with Crippen molar-refractivity contribution in [2.75, 3.05) is 24.6 Å². The van der Waals surface area contributed by atoms with Crippen molar-refractivity contribution >= 4 is 24.1 Å². The number of piperidine rings is 1. The number of halogens is 2. The summed E-state index contributed by atoms with van der Waals surface area (Å²) in [5.74, 6) is -0.413. The number of hydroxylamine groups is 1. The molecule has 1 fully saturated rings. The van der Waals surface area contributed by atoms with E-state index >= 15 is 0 Å². The zero-order valence-corrected chi connectivity index (χ0v) is 25.3. The van der Waals surface area contributed by atoms with Crippen LogP contribution < -0.4 is 20.9 Å². The Bertz CT molecular complexity index is 1560. The highest BCUT2D eigenvalue weighted by Crippen LogP contribution is 2.43. The maximum atomic E-state index is 14.9. The van der Waals surface area contributed by atoms with E-state index in [0.29, 0.717) is 72.1 Å². The monoisotopic (exact) mass is 622 g/mol. The summed E-state index contributed by atoms with van der Waals surface area (Å²) in [5, 5.41) is 39.1. The molecule has 0 spiro atoms.